The van der Waals surface area contributed by atoms with Crippen LogP contribution in [0.15, 0.2) is 47.3 Å². The van der Waals surface area contributed by atoms with Crippen LogP contribution in [0.3, 0.4) is 0 Å². The van der Waals surface area contributed by atoms with Crippen molar-refractivity contribution in [1.82, 2.24) is 4.57 Å². The van der Waals surface area contributed by atoms with E-state index in [0.29, 0.717) is 28.3 Å². The Hall–Kier alpha value is -3.28. The van der Waals surface area contributed by atoms with Gasteiger partial charge in [0.25, 0.3) is 5.56 Å². The zero-order valence-electron chi connectivity index (χ0n) is 15.2. The fourth-order valence-electron chi connectivity index (χ4n) is 3.39. The maximum absolute atomic E-state index is 13.2. The topological polar surface area (TPSA) is 83.6 Å². The summed E-state index contributed by atoms with van der Waals surface area (Å²) in [5, 5.41) is 0.648. The molecule has 1 fully saturated rings. The number of hydrogen-bond acceptors (Lipinski definition) is 5. The highest BCUT2D eigenvalue weighted by Gasteiger charge is 2.26. The van der Waals surface area contributed by atoms with Crippen molar-refractivity contribution in [2.24, 2.45) is 0 Å². The molecule has 27 heavy (non-hydrogen) atoms. The van der Waals surface area contributed by atoms with Gasteiger partial charge in [-0.15, -0.1) is 0 Å². The van der Waals surface area contributed by atoms with Gasteiger partial charge in [0.2, 0.25) is 0 Å². The van der Waals surface area contributed by atoms with E-state index in [0.717, 1.165) is 12.8 Å². The first-order chi connectivity index (χ1) is 13.0. The minimum Gasteiger partial charge on any atom is -0.497 e. The van der Waals surface area contributed by atoms with Gasteiger partial charge in [0.05, 0.1) is 25.4 Å². The van der Waals surface area contributed by atoms with E-state index >= 15 is 0 Å². The molecule has 6 heteroatoms. The van der Waals surface area contributed by atoms with Crippen LogP contribution < -0.4 is 16.0 Å². The summed E-state index contributed by atoms with van der Waals surface area (Å²) in [6.07, 6.45) is 2.29. The highest BCUT2D eigenvalue weighted by Crippen LogP contribution is 2.41. The second-order valence-electron chi connectivity index (χ2n) is 6.67. The molecule has 6 nitrogen and oxygen atoms in total. The molecule has 1 aliphatic carbocycles. The van der Waals surface area contributed by atoms with Gasteiger partial charge in [0, 0.05) is 11.1 Å². The number of benzene rings is 2. The summed E-state index contributed by atoms with van der Waals surface area (Å²) in [5.41, 5.74) is 8.18. The van der Waals surface area contributed by atoms with Crippen LogP contribution in [-0.4, -0.2) is 24.8 Å². The van der Waals surface area contributed by atoms with E-state index in [2.05, 4.69) is 0 Å². The van der Waals surface area contributed by atoms with Crippen LogP contribution in [-0.2, 0) is 4.74 Å². The molecule has 0 atom stereocenters. The number of nitrogens with zero attached hydrogens (tertiary/aromatic N) is 1. The van der Waals surface area contributed by atoms with E-state index in [1.54, 1.807) is 31.4 Å². The molecular weight excluding hydrogens is 344 g/mol. The molecule has 0 amide bonds. The van der Waals surface area contributed by atoms with Crippen molar-refractivity contribution in [2.45, 2.75) is 18.8 Å². The van der Waals surface area contributed by atoms with E-state index in [1.165, 1.54) is 17.2 Å². The molecule has 0 unspecified atom stereocenters. The Balaban J connectivity index is 2.07. The standard InChI is InChI=1S/C21H20N2O4/c1-26-15-8-6-14(7-9-15)23-17-11-13(12-3-4-12)5-10-16(17)19(22)18(20(23)24)21(25)27-2/h5-12H,3-4,22H2,1-2H3. The second kappa shape index (κ2) is 6.46. The number of nitrogen functional groups attached to an aromatic ring is 1. The third-order valence-corrected chi connectivity index (χ3v) is 5.01. The zero-order valence-corrected chi connectivity index (χ0v) is 15.2. The van der Waals surface area contributed by atoms with Gasteiger partial charge in [0.15, 0.2) is 0 Å². The number of pyridine rings is 1. The molecule has 0 radical (unpaired) electrons. The Morgan fingerprint density at radius 1 is 1.11 bits per heavy atom. The lowest BCUT2D eigenvalue weighted by atomic mass is 10.0. The van der Waals surface area contributed by atoms with Crippen molar-refractivity contribution >= 4 is 22.6 Å². The molecule has 2 N–H and O–H groups in total. The second-order valence-corrected chi connectivity index (χ2v) is 6.67. The Labute approximate surface area is 156 Å². The van der Waals surface area contributed by atoms with Crippen LogP contribution >= 0.6 is 0 Å². The van der Waals surface area contributed by atoms with E-state index in [1.807, 2.05) is 18.2 Å². The zero-order chi connectivity index (χ0) is 19.1. The number of fused-ring (bicyclic) bond motifs is 1. The molecule has 1 aliphatic rings. The average Bonchev–Trinajstić information content (AvgIpc) is 3.53. The lowest BCUT2D eigenvalue weighted by molar-refractivity contribution is 0.0600. The van der Waals surface area contributed by atoms with Crippen molar-refractivity contribution in [3.63, 3.8) is 0 Å². The lowest BCUT2D eigenvalue weighted by Gasteiger charge is -2.16. The smallest absolute Gasteiger partial charge is 0.345 e. The summed E-state index contributed by atoms with van der Waals surface area (Å²) < 4.78 is 11.5. The van der Waals surface area contributed by atoms with E-state index in [9.17, 15) is 9.59 Å². The number of carbonyl (C=O) groups excluding carboxylic acids is 1. The maximum atomic E-state index is 13.2. The number of esters is 1. The number of carbonyl (C=O) groups is 1. The van der Waals surface area contributed by atoms with Crippen LogP contribution in [0.25, 0.3) is 16.6 Å². The highest BCUT2D eigenvalue weighted by atomic mass is 16.5. The predicted octanol–water partition coefficient (Wildman–Crippen LogP) is 3.25. The van der Waals surface area contributed by atoms with Crippen LogP contribution in [0.4, 0.5) is 5.69 Å². The molecule has 1 heterocycles. The fourth-order valence-corrected chi connectivity index (χ4v) is 3.39. The molecule has 138 valence electrons. The van der Waals surface area contributed by atoms with Crippen molar-refractivity contribution in [2.75, 3.05) is 20.0 Å². The first-order valence-corrected chi connectivity index (χ1v) is 8.76. The Kier molecular flexibility index (Phi) is 4.11. The first kappa shape index (κ1) is 17.1. The molecule has 4 rings (SSSR count). The summed E-state index contributed by atoms with van der Waals surface area (Å²) in [6.45, 7) is 0. The third-order valence-electron chi connectivity index (χ3n) is 5.01. The number of anilines is 1. The van der Waals surface area contributed by atoms with Gasteiger partial charge in [-0.2, -0.15) is 0 Å². The quantitative estimate of drug-likeness (QED) is 0.719. The minimum atomic E-state index is -0.743. The maximum Gasteiger partial charge on any atom is 0.345 e. The largest absolute Gasteiger partial charge is 0.497 e. The highest BCUT2D eigenvalue weighted by molar-refractivity contribution is 6.04. The molecule has 0 bridgehead atoms. The number of rotatable bonds is 4. The summed E-state index contributed by atoms with van der Waals surface area (Å²) >= 11 is 0. The minimum absolute atomic E-state index is 0.147. The molecule has 0 spiro atoms. The number of nitrogens with two attached hydrogens (primary N) is 1. The van der Waals surface area contributed by atoms with Gasteiger partial charge in [-0.3, -0.25) is 9.36 Å². The van der Waals surface area contributed by atoms with Crippen LogP contribution in [0.5, 0.6) is 5.75 Å². The number of aromatic nitrogens is 1. The molecule has 1 aromatic heterocycles. The predicted molar refractivity (Wildman–Crippen MR) is 104 cm³/mol. The normalized spacial score (nSPS) is 13.6. The van der Waals surface area contributed by atoms with Crippen molar-refractivity contribution in [3.8, 4) is 11.4 Å². The molecule has 3 aromatic rings. The van der Waals surface area contributed by atoms with Crippen LogP contribution in [0, 0.1) is 0 Å². The summed E-state index contributed by atoms with van der Waals surface area (Å²) in [7, 11) is 2.82. The first-order valence-electron chi connectivity index (χ1n) is 8.76. The monoisotopic (exact) mass is 364 g/mol. The van der Waals surface area contributed by atoms with Gasteiger partial charge in [-0.25, -0.2) is 4.79 Å². The van der Waals surface area contributed by atoms with Crippen LogP contribution in [0.1, 0.15) is 34.7 Å². The molecule has 1 saturated carbocycles. The van der Waals surface area contributed by atoms with Gasteiger partial charge < -0.3 is 15.2 Å². The van der Waals surface area contributed by atoms with Crippen molar-refractivity contribution < 1.29 is 14.3 Å². The van der Waals surface area contributed by atoms with E-state index in [4.69, 9.17) is 15.2 Å². The van der Waals surface area contributed by atoms with Crippen molar-refractivity contribution in [3.05, 3.63) is 63.9 Å². The number of hydrogen-bond donors (Lipinski definition) is 1. The molecule has 0 saturated heterocycles. The molecular formula is C21H20N2O4. The third kappa shape index (κ3) is 2.83. The Morgan fingerprint density at radius 2 is 1.81 bits per heavy atom. The summed E-state index contributed by atoms with van der Waals surface area (Å²) in [5.74, 6) is 0.460. The van der Waals surface area contributed by atoms with Gasteiger partial charge >= 0.3 is 5.97 Å². The Morgan fingerprint density at radius 3 is 2.41 bits per heavy atom. The lowest BCUT2D eigenvalue weighted by Crippen LogP contribution is -2.28. The fraction of sp³-hybridized carbons (Fsp3) is 0.238. The van der Waals surface area contributed by atoms with Gasteiger partial charge in [-0.05, 0) is 54.7 Å². The average molecular weight is 364 g/mol. The van der Waals surface area contributed by atoms with Crippen LogP contribution in [0.2, 0.25) is 0 Å². The summed E-state index contributed by atoms with van der Waals surface area (Å²) in [4.78, 5) is 25.4. The number of methoxy groups -OCH3 is 2. The molecule has 0 aliphatic heterocycles. The number of ether oxygens (including phenoxy) is 2. The van der Waals surface area contributed by atoms with Gasteiger partial charge in [0.1, 0.15) is 11.3 Å². The van der Waals surface area contributed by atoms with Crippen molar-refractivity contribution in [1.29, 1.82) is 0 Å². The van der Waals surface area contributed by atoms with E-state index < -0.39 is 11.5 Å². The summed E-state index contributed by atoms with van der Waals surface area (Å²) in [6, 6.07) is 13.0. The van der Waals surface area contributed by atoms with Gasteiger partial charge in [-0.1, -0.05) is 12.1 Å². The molecule has 2 aromatic carbocycles. The SMILES string of the molecule is COC(=O)c1c(N)c2ccc(C3CC3)cc2n(-c2ccc(OC)cc2)c1=O. The Bertz CT molecular complexity index is 1100. The van der Waals surface area contributed by atoms with E-state index in [-0.39, 0.29) is 11.3 Å².